The van der Waals surface area contributed by atoms with Crippen molar-refractivity contribution in [1.29, 1.82) is 0 Å². The Morgan fingerprint density at radius 3 is 2.13 bits per heavy atom. The molecule has 0 unspecified atom stereocenters. The number of hydrogen-bond donors (Lipinski definition) is 3. The summed E-state index contributed by atoms with van der Waals surface area (Å²) >= 11 is 1.92. The number of cyclic esters (lactones) is 1. The average molecular weight is 668 g/mol. The van der Waals surface area contributed by atoms with Gasteiger partial charge in [0.1, 0.15) is 11.7 Å². The summed E-state index contributed by atoms with van der Waals surface area (Å²) in [6, 6.07) is 0. The highest BCUT2D eigenvalue weighted by Gasteiger charge is 2.52. The van der Waals surface area contributed by atoms with Crippen LogP contribution in [-0.4, -0.2) is 68.9 Å². The number of halogens is 1. The molecule has 0 aromatic carbocycles. The van der Waals surface area contributed by atoms with Crippen molar-refractivity contribution in [1.82, 2.24) is 0 Å². The van der Waals surface area contributed by atoms with Gasteiger partial charge in [-0.3, -0.25) is 4.79 Å². The molecule has 2 saturated heterocycles. The van der Waals surface area contributed by atoms with Gasteiger partial charge in [0, 0.05) is 18.1 Å². The van der Waals surface area contributed by atoms with Crippen LogP contribution in [0, 0.1) is 35.0 Å². The van der Waals surface area contributed by atoms with Crippen LogP contribution in [0.25, 0.3) is 0 Å². The monoisotopic (exact) mass is 667 g/mol. The predicted octanol–water partition coefficient (Wildman–Crippen LogP) is 5.48. The summed E-state index contributed by atoms with van der Waals surface area (Å²) in [7, 11) is 0. The van der Waals surface area contributed by atoms with Crippen LogP contribution in [0.3, 0.4) is 0 Å². The van der Waals surface area contributed by atoms with Gasteiger partial charge in [-0.05, 0) is 70.1 Å². The molecular weight excluding hydrogens is 613 g/mol. The van der Waals surface area contributed by atoms with E-state index in [-0.39, 0.29) is 17.9 Å². The Bertz CT molecular complexity index is 850. The summed E-state index contributed by atoms with van der Waals surface area (Å²) in [6.07, 6.45) is -0.866. The van der Waals surface area contributed by atoms with E-state index < -0.39 is 59.0 Å². The maximum atomic E-state index is 13.7. The first-order valence-corrected chi connectivity index (χ1v) is 15.6. The van der Waals surface area contributed by atoms with Gasteiger partial charge in [-0.2, -0.15) is 0 Å². The summed E-state index contributed by atoms with van der Waals surface area (Å²) in [5, 5.41) is 34.9. The van der Waals surface area contributed by atoms with E-state index in [0.717, 1.165) is 12.8 Å². The zero-order chi connectivity index (χ0) is 30.1. The first-order chi connectivity index (χ1) is 17.8. The molecule has 228 valence electrons. The van der Waals surface area contributed by atoms with Gasteiger partial charge < -0.3 is 29.5 Å². The van der Waals surface area contributed by atoms with Crippen LogP contribution >= 0.6 is 22.9 Å². The lowest BCUT2D eigenvalue weighted by molar-refractivity contribution is -0.252. The third-order valence-electron chi connectivity index (χ3n) is 10.0. The molecule has 12 atom stereocenters. The van der Waals surface area contributed by atoms with Crippen molar-refractivity contribution in [3.05, 3.63) is 0 Å². The molecule has 8 nitrogen and oxygen atoms in total. The van der Waals surface area contributed by atoms with Crippen LogP contribution in [0.4, 0.5) is 0 Å². The lowest BCUT2D eigenvalue weighted by atomic mass is 9.61. The number of esters is 1. The number of aliphatic hydroxyl groups is 3. The zero-order valence-corrected chi connectivity index (χ0v) is 28.1. The number of carbonyl (C=O) groups is 1. The van der Waals surface area contributed by atoms with Crippen molar-refractivity contribution < 1.29 is 34.3 Å². The molecule has 0 bridgehead atoms. The summed E-state index contributed by atoms with van der Waals surface area (Å²) in [5.74, 6) is -1.79. The van der Waals surface area contributed by atoms with Crippen LogP contribution < -0.4 is 0 Å². The highest BCUT2D eigenvalue weighted by atomic mass is 127. The number of hydrogen-bond acceptors (Lipinski definition) is 8. The molecule has 39 heavy (non-hydrogen) atoms. The van der Waals surface area contributed by atoms with Gasteiger partial charge in [-0.25, -0.2) is 3.21 Å². The van der Waals surface area contributed by atoms with Crippen molar-refractivity contribution in [3.8, 4) is 0 Å². The molecule has 2 aliphatic heterocycles. The Morgan fingerprint density at radius 1 is 1.03 bits per heavy atom. The van der Waals surface area contributed by atoms with Crippen molar-refractivity contribution in [3.63, 3.8) is 0 Å². The topological polar surface area (TPSA) is 118 Å². The molecule has 0 aliphatic carbocycles. The van der Waals surface area contributed by atoms with Gasteiger partial charge in [0.25, 0.3) is 0 Å². The maximum absolute atomic E-state index is 13.7. The normalized spacial score (nSPS) is 47.9. The molecule has 0 saturated carbocycles. The quantitative estimate of drug-likeness (QED) is 0.270. The molecule has 0 spiro atoms. The van der Waals surface area contributed by atoms with Gasteiger partial charge in [0.05, 0.1) is 52.7 Å². The standard InChI is InChI=1S/C30H54INO7/c1-12-22-30(11,36)26(33)19(5)24(32-31)17(3)15-29(10,35)28(8,9)21(7)25(20(6)27(34)38-22)39-23-14-16(2)13-18(4)37-23/h16-23,25-26,33,35-36H,12-15H2,1-11H3/b32-24+/t16-,17-,18+,19+,20-,21+,22-,23+,25-,26-,29-,30-/m1/s1. The molecular formula is C30H54INO7. The molecule has 0 aromatic rings. The van der Waals surface area contributed by atoms with Crippen LogP contribution in [0.15, 0.2) is 3.21 Å². The molecule has 2 aliphatic rings. The predicted molar refractivity (Wildman–Crippen MR) is 162 cm³/mol. The third-order valence-corrected chi connectivity index (χ3v) is 10.6. The van der Waals surface area contributed by atoms with E-state index >= 15 is 0 Å². The maximum Gasteiger partial charge on any atom is 0.311 e. The minimum Gasteiger partial charge on any atom is -0.459 e. The van der Waals surface area contributed by atoms with E-state index in [9.17, 15) is 20.1 Å². The Hall–Kier alpha value is -0.330. The van der Waals surface area contributed by atoms with Crippen LogP contribution in [0.2, 0.25) is 0 Å². The van der Waals surface area contributed by atoms with Crippen LogP contribution in [0.5, 0.6) is 0 Å². The van der Waals surface area contributed by atoms with Crippen molar-refractivity contribution in [2.24, 2.45) is 38.2 Å². The van der Waals surface area contributed by atoms with Crippen LogP contribution in [0.1, 0.15) is 102 Å². The second-order valence-electron chi connectivity index (χ2n) is 13.5. The Morgan fingerprint density at radius 2 is 1.62 bits per heavy atom. The molecule has 0 radical (unpaired) electrons. The average Bonchev–Trinajstić information content (AvgIpc) is 2.82. The molecule has 3 N–H and O–H groups in total. The summed E-state index contributed by atoms with van der Waals surface area (Å²) in [4.78, 5) is 13.7. The number of ether oxygens (including phenoxy) is 3. The lowest BCUT2D eigenvalue weighted by Gasteiger charge is -2.50. The second-order valence-corrected chi connectivity index (χ2v) is 14.0. The van der Waals surface area contributed by atoms with E-state index in [1.165, 1.54) is 6.92 Å². The highest BCUT2D eigenvalue weighted by molar-refractivity contribution is 14.1. The van der Waals surface area contributed by atoms with Crippen LogP contribution in [-0.2, 0) is 19.0 Å². The van der Waals surface area contributed by atoms with Gasteiger partial charge in [0.2, 0.25) is 0 Å². The summed E-state index contributed by atoms with van der Waals surface area (Å²) in [6.45, 7) is 21.0. The van der Waals surface area contributed by atoms with E-state index in [1.807, 2.05) is 78.3 Å². The SMILES string of the molecule is CC[C@H]1OC(=O)[C@H](C)[C@@H](O[C@H]2C[C@H](C)C[C@H](C)O2)[C@H](C)C(C)(C)[C@](C)(O)C[C@@H](C)/C(=N\I)[C@H](C)[C@@H](O)[C@]1(C)O. The second kappa shape index (κ2) is 13.3. The molecule has 0 amide bonds. The fourth-order valence-electron chi connectivity index (χ4n) is 6.62. The molecule has 2 heterocycles. The lowest BCUT2D eigenvalue weighted by Crippen LogP contribution is -2.58. The number of nitrogens with zero attached hydrogens (tertiary/aromatic N) is 1. The van der Waals surface area contributed by atoms with Gasteiger partial charge >= 0.3 is 5.97 Å². The number of carbonyl (C=O) groups excluding carboxylic acids is 1. The third kappa shape index (κ3) is 7.55. The van der Waals surface area contributed by atoms with Gasteiger partial charge in [-0.1, -0.05) is 48.5 Å². The van der Waals surface area contributed by atoms with Crippen molar-refractivity contribution >= 4 is 34.5 Å². The smallest absolute Gasteiger partial charge is 0.311 e. The number of rotatable bonds is 3. The Balaban J connectivity index is 2.62. The Labute approximate surface area is 250 Å². The fourth-order valence-corrected chi connectivity index (χ4v) is 7.54. The molecule has 2 rings (SSSR count). The summed E-state index contributed by atoms with van der Waals surface area (Å²) < 4.78 is 23.2. The molecule has 2 fully saturated rings. The zero-order valence-electron chi connectivity index (χ0n) is 25.9. The minimum absolute atomic E-state index is 0.0424. The van der Waals surface area contributed by atoms with Gasteiger partial charge in [-0.15, -0.1) is 0 Å². The number of aliphatic hydroxyl groups excluding tert-OH is 1. The van der Waals surface area contributed by atoms with E-state index in [4.69, 9.17) is 14.2 Å². The van der Waals surface area contributed by atoms with Crippen molar-refractivity contribution in [2.75, 3.05) is 0 Å². The highest BCUT2D eigenvalue weighted by Crippen LogP contribution is 2.47. The summed E-state index contributed by atoms with van der Waals surface area (Å²) in [5.41, 5.74) is -2.91. The van der Waals surface area contributed by atoms with E-state index in [0.29, 0.717) is 24.5 Å². The first-order valence-electron chi connectivity index (χ1n) is 14.6. The minimum atomic E-state index is -1.72. The van der Waals surface area contributed by atoms with Crippen molar-refractivity contribution in [2.45, 2.75) is 144 Å². The Kier molecular flexibility index (Phi) is 11.9. The molecule has 0 aromatic heterocycles. The van der Waals surface area contributed by atoms with Gasteiger partial charge in [0.15, 0.2) is 6.29 Å². The fraction of sp³-hybridized carbons (Fsp3) is 0.933. The first kappa shape index (κ1) is 34.9. The largest absolute Gasteiger partial charge is 0.459 e. The van der Waals surface area contributed by atoms with E-state index in [1.54, 1.807) is 6.92 Å². The molecule has 9 heteroatoms. The van der Waals surface area contributed by atoms with E-state index in [2.05, 4.69) is 10.1 Å².